The van der Waals surface area contributed by atoms with Crippen LogP contribution in [-0.4, -0.2) is 33.5 Å². The fraction of sp³-hybridized carbons (Fsp3) is 0.429. The molecule has 29 heavy (non-hydrogen) atoms. The van der Waals surface area contributed by atoms with Crippen molar-refractivity contribution in [3.63, 3.8) is 0 Å². The van der Waals surface area contributed by atoms with Gasteiger partial charge in [0, 0.05) is 30.2 Å². The smallest absolute Gasteiger partial charge is 0.330 e. The number of H-pyrrole nitrogens is 1. The maximum absolute atomic E-state index is 12.6. The highest BCUT2D eigenvalue weighted by Crippen LogP contribution is 2.33. The zero-order valence-electron chi connectivity index (χ0n) is 16.6. The van der Waals surface area contributed by atoms with E-state index in [0.29, 0.717) is 11.1 Å². The second kappa shape index (κ2) is 8.57. The Morgan fingerprint density at radius 3 is 2.59 bits per heavy atom. The Hall–Kier alpha value is -3.00. The Morgan fingerprint density at radius 2 is 1.93 bits per heavy atom. The van der Waals surface area contributed by atoms with E-state index in [1.165, 1.54) is 10.8 Å². The SMILES string of the molecule is Cc1cn([C@H]2CC(OC(=O)C(C)C)[C@@H](CC(=O)c3ccccc3)O2)c(=O)[nH]c1=O. The molecule has 1 aromatic carbocycles. The van der Waals surface area contributed by atoms with E-state index >= 15 is 0 Å². The number of ether oxygens (including phenoxy) is 2. The third-order valence-electron chi connectivity index (χ3n) is 4.86. The number of Topliss-reactive ketones (excluding diaryl/α,β-unsaturated/α-hetero) is 1. The third kappa shape index (κ3) is 4.71. The normalized spacial score (nSPS) is 21.3. The van der Waals surface area contributed by atoms with E-state index in [0.717, 1.165) is 0 Å². The van der Waals surface area contributed by atoms with E-state index in [2.05, 4.69) is 4.98 Å². The van der Waals surface area contributed by atoms with Gasteiger partial charge in [-0.2, -0.15) is 0 Å². The Bertz CT molecular complexity index is 1010. The fourth-order valence-electron chi connectivity index (χ4n) is 3.19. The Kier molecular flexibility index (Phi) is 6.12. The van der Waals surface area contributed by atoms with Crippen LogP contribution in [0.5, 0.6) is 0 Å². The molecule has 1 saturated heterocycles. The minimum absolute atomic E-state index is 0.00758. The number of ketones is 1. The van der Waals surface area contributed by atoms with Gasteiger partial charge in [0.2, 0.25) is 0 Å². The lowest BCUT2D eigenvalue weighted by atomic mass is 10.0. The molecule has 8 nitrogen and oxygen atoms in total. The topological polar surface area (TPSA) is 107 Å². The molecule has 3 rings (SSSR count). The highest BCUT2D eigenvalue weighted by molar-refractivity contribution is 5.96. The van der Waals surface area contributed by atoms with Gasteiger partial charge in [-0.15, -0.1) is 0 Å². The number of aryl methyl sites for hydroxylation is 1. The van der Waals surface area contributed by atoms with Crippen molar-refractivity contribution in [1.29, 1.82) is 0 Å². The van der Waals surface area contributed by atoms with Gasteiger partial charge in [-0.25, -0.2) is 4.79 Å². The molecule has 1 aromatic heterocycles. The summed E-state index contributed by atoms with van der Waals surface area (Å²) in [5.41, 5.74) is -0.198. The molecule has 0 aliphatic carbocycles. The number of nitrogens with one attached hydrogen (secondary N) is 1. The summed E-state index contributed by atoms with van der Waals surface area (Å²) in [7, 11) is 0. The van der Waals surface area contributed by atoms with Crippen molar-refractivity contribution in [2.45, 2.75) is 52.0 Å². The maximum atomic E-state index is 12.6. The van der Waals surface area contributed by atoms with Gasteiger partial charge >= 0.3 is 11.7 Å². The monoisotopic (exact) mass is 400 g/mol. The molecule has 3 atom stereocenters. The third-order valence-corrected chi connectivity index (χ3v) is 4.86. The summed E-state index contributed by atoms with van der Waals surface area (Å²) in [6.07, 6.45) is -0.508. The van der Waals surface area contributed by atoms with Crippen LogP contribution in [0.25, 0.3) is 0 Å². The minimum atomic E-state index is -0.753. The van der Waals surface area contributed by atoms with Crippen LogP contribution in [0.3, 0.4) is 0 Å². The first-order valence-corrected chi connectivity index (χ1v) is 9.52. The Morgan fingerprint density at radius 1 is 1.24 bits per heavy atom. The molecule has 0 spiro atoms. The zero-order valence-corrected chi connectivity index (χ0v) is 16.6. The number of aromatic amines is 1. The molecule has 0 radical (unpaired) electrons. The summed E-state index contributed by atoms with van der Waals surface area (Å²) in [5, 5.41) is 0. The lowest BCUT2D eigenvalue weighted by molar-refractivity contribution is -0.155. The average molecular weight is 400 g/mol. The summed E-state index contributed by atoms with van der Waals surface area (Å²) in [4.78, 5) is 50.9. The van der Waals surface area contributed by atoms with E-state index in [1.807, 2.05) is 6.07 Å². The van der Waals surface area contributed by atoms with Crippen LogP contribution in [0.4, 0.5) is 0 Å². The number of benzene rings is 1. The van der Waals surface area contributed by atoms with Crippen LogP contribution < -0.4 is 11.2 Å². The number of hydrogen-bond donors (Lipinski definition) is 1. The van der Waals surface area contributed by atoms with Gasteiger partial charge in [0.25, 0.3) is 5.56 Å². The van der Waals surface area contributed by atoms with Crippen LogP contribution in [0, 0.1) is 12.8 Å². The van der Waals surface area contributed by atoms with E-state index in [9.17, 15) is 19.2 Å². The number of hydrogen-bond acceptors (Lipinski definition) is 6. The second-order valence-electron chi connectivity index (χ2n) is 7.47. The second-order valence-corrected chi connectivity index (χ2v) is 7.47. The molecule has 2 heterocycles. The predicted octanol–water partition coefficient (Wildman–Crippen LogP) is 1.97. The predicted molar refractivity (Wildman–Crippen MR) is 105 cm³/mol. The molecular formula is C21H24N2O6. The molecule has 0 bridgehead atoms. The van der Waals surface area contributed by atoms with Gasteiger partial charge in [0.1, 0.15) is 18.4 Å². The van der Waals surface area contributed by atoms with Gasteiger partial charge in [0.05, 0.1) is 5.92 Å². The molecule has 0 saturated carbocycles. The molecule has 154 valence electrons. The number of nitrogens with zero attached hydrogens (tertiary/aromatic N) is 1. The zero-order chi connectivity index (χ0) is 21.1. The highest BCUT2D eigenvalue weighted by Gasteiger charge is 2.40. The van der Waals surface area contributed by atoms with Crippen molar-refractivity contribution in [1.82, 2.24) is 9.55 Å². The van der Waals surface area contributed by atoms with Crippen molar-refractivity contribution in [3.8, 4) is 0 Å². The first-order valence-electron chi connectivity index (χ1n) is 9.52. The highest BCUT2D eigenvalue weighted by atomic mass is 16.6. The van der Waals surface area contributed by atoms with Crippen LogP contribution in [0.15, 0.2) is 46.1 Å². The van der Waals surface area contributed by atoms with Crippen molar-refractivity contribution < 1.29 is 19.1 Å². The molecule has 2 aromatic rings. The van der Waals surface area contributed by atoms with Crippen LogP contribution >= 0.6 is 0 Å². The van der Waals surface area contributed by atoms with Crippen molar-refractivity contribution in [3.05, 3.63) is 68.5 Å². The van der Waals surface area contributed by atoms with E-state index < -0.39 is 35.7 Å². The van der Waals surface area contributed by atoms with Gasteiger partial charge in [-0.1, -0.05) is 44.2 Å². The van der Waals surface area contributed by atoms with E-state index in [1.54, 1.807) is 45.0 Å². The minimum Gasteiger partial charge on any atom is -0.459 e. The molecule has 1 aliphatic heterocycles. The Balaban J connectivity index is 1.85. The van der Waals surface area contributed by atoms with Crippen molar-refractivity contribution in [2.24, 2.45) is 5.92 Å². The number of rotatable bonds is 6. The summed E-state index contributed by atoms with van der Waals surface area (Å²) in [6.45, 7) is 5.02. The molecule has 1 fully saturated rings. The summed E-state index contributed by atoms with van der Waals surface area (Å²) >= 11 is 0. The Labute approximate surface area is 167 Å². The number of aromatic nitrogens is 2. The lowest BCUT2D eigenvalue weighted by Gasteiger charge is -2.19. The van der Waals surface area contributed by atoms with Gasteiger partial charge < -0.3 is 9.47 Å². The molecular weight excluding hydrogens is 376 g/mol. The van der Waals surface area contributed by atoms with Gasteiger partial charge in [-0.05, 0) is 6.92 Å². The van der Waals surface area contributed by atoms with Crippen molar-refractivity contribution >= 4 is 11.8 Å². The summed E-state index contributed by atoms with van der Waals surface area (Å²) in [5.74, 6) is -0.883. The maximum Gasteiger partial charge on any atom is 0.330 e. The van der Waals surface area contributed by atoms with Gasteiger partial charge in [0.15, 0.2) is 5.78 Å². The number of carbonyl (C=O) groups excluding carboxylic acids is 2. The molecule has 0 amide bonds. The fourth-order valence-corrected chi connectivity index (χ4v) is 3.19. The molecule has 1 aliphatic rings. The van der Waals surface area contributed by atoms with Crippen LogP contribution in [-0.2, 0) is 14.3 Å². The van der Waals surface area contributed by atoms with E-state index in [-0.39, 0.29) is 24.5 Å². The summed E-state index contributed by atoms with van der Waals surface area (Å²) in [6, 6.07) is 8.77. The molecule has 8 heteroatoms. The first-order chi connectivity index (χ1) is 13.8. The average Bonchev–Trinajstić information content (AvgIpc) is 3.07. The summed E-state index contributed by atoms with van der Waals surface area (Å²) < 4.78 is 12.8. The standard InChI is InChI=1S/C21H24N2O6/c1-12(2)20(26)29-17-10-18(23-11-13(3)19(25)22-21(23)27)28-16(17)9-15(24)14-7-5-4-6-8-14/h4-8,11-12,16-18H,9-10H2,1-3H3,(H,22,25,27)/t16-,17?,18-/m1/s1. The van der Waals surface area contributed by atoms with Gasteiger partial charge in [-0.3, -0.25) is 23.9 Å². The largest absolute Gasteiger partial charge is 0.459 e. The molecule has 1 N–H and O–H groups in total. The lowest BCUT2D eigenvalue weighted by Crippen LogP contribution is -2.33. The van der Waals surface area contributed by atoms with E-state index in [4.69, 9.17) is 9.47 Å². The first kappa shape index (κ1) is 20.7. The van der Waals surface area contributed by atoms with Crippen LogP contribution in [0.1, 0.15) is 48.8 Å². The van der Waals surface area contributed by atoms with Crippen LogP contribution in [0.2, 0.25) is 0 Å². The quantitative estimate of drug-likeness (QED) is 0.587. The number of esters is 1. The number of carbonyl (C=O) groups is 2. The van der Waals surface area contributed by atoms with Crippen molar-refractivity contribution in [2.75, 3.05) is 0 Å². The molecule has 1 unspecified atom stereocenters.